The average molecular weight is 303 g/mol. The molecule has 1 saturated carbocycles. The Hall–Kier alpha value is -0.970. The molecule has 2 rings (SSSR count). The van der Waals surface area contributed by atoms with Gasteiger partial charge >= 0.3 is 0 Å². The molecule has 19 heavy (non-hydrogen) atoms. The number of nitrogens with one attached hydrogen (secondary N) is 1. The molecule has 6 heteroatoms. The van der Waals surface area contributed by atoms with Crippen LogP contribution in [0.5, 0.6) is 0 Å². The van der Waals surface area contributed by atoms with Crippen molar-refractivity contribution < 1.29 is 9.53 Å². The molecule has 1 aliphatic carbocycles. The first-order valence-electron chi connectivity index (χ1n) is 6.18. The number of hydrogen-bond acceptors (Lipinski definition) is 3. The maximum Gasteiger partial charge on any atom is 0.226 e. The van der Waals surface area contributed by atoms with Gasteiger partial charge in [-0.15, -0.1) is 0 Å². The Kier molecular flexibility index (Phi) is 4.91. The van der Waals surface area contributed by atoms with Crippen LogP contribution < -0.4 is 11.1 Å². The molecule has 1 aromatic rings. The average Bonchev–Trinajstić information content (AvgIpc) is 3.13. The molecular weight excluding hydrogens is 287 g/mol. The van der Waals surface area contributed by atoms with Crippen LogP contribution in [-0.4, -0.2) is 19.1 Å². The zero-order valence-electron chi connectivity index (χ0n) is 10.4. The zero-order valence-corrected chi connectivity index (χ0v) is 11.9. The Labute approximate surface area is 122 Å². The van der Waals surface area contributed by atoms with Gasteiger partial charge in [0.15, 0.2) is 0 Å². The molecule has 1 aromatic carbocycles. The van der Waals surface area contributed by atoms with Gasteiger partial charge in [-0.25, -0.2) is 0 Å². The molecular formula is C13H16Cl2N2O2. The number of halogens is 2. The summed E-state index contributed by atoms with van der Waals surface area (Å²) in [4.78, 5) is 11.7. The van der Waals surface area contributed by atoms with Crippen LogP contribution in [0.2, 0.25) is 10.0 Å². The van der Waals surface area contributed by atoms with E-state index in [1.165, 1.54) is 12.8 Å². The lowest BCUT2D eigenvalue weighted by Gasteiger charge is -2.10. The fraction of sp³-hybridized carbons (Fsp3) is 0.462. The van der Waals surface area contributed by atoms with Gasteiger partial charge in [0.25, 0.3) is 0 Å². The molecule has 0 unspecified atom stereocenters. The zero-order chi connectivity index (χ0) is 13.8. The highest BCUT2D eigenvalue weighted by Crippen LogP contribution is 2.33. The third-order valence-corrected chi connectivity index (χ3v) is 3.45. The summed E-state index contributed by atoms with van der Waals surface area (Å²) >= 11 is 12.0. The highest BCUT2D eigenvalue weighted by Gasteiger charge is 2.21. The number of ether oxygens (including phenoxy) is 1. The Morgan fingerprint density at radius 1 is 1.37 bits per heavy atom. The smallest absolute Gasteiger partial charge is 0.226 e. The van der Waals surface area contributed by atoms with Crippen LogP contribution in [0.4, 0.5) is 11.4 Å². The van der Waals surface area contributed by atoms with Crippen molar-refractivity contribution in [2.75, 3.05) is 24.3 Å². The van der Waals surface area contributed by atoms with E-state index in [-0.39, 0.29) is 12.3 Å². The van der Waals surface area contributed by atoms with Crippen LogP contribution in [-0.2, 0) is 9.53 Å². The predicted molar refractivity (Wildman–Crippen MR) is 77.7 cm³/mol. The summed E-state index contributed by atoms with van der Waals surface area (Å²) in [6, 6.07) is 3.10. The van der Waals surface area contributed by atoms with Gasteiger partial charge in [-0.3, -0.25) is 4.79 Å². The van der Waals surface area contributed by atoms with Gasteiger partial charge in [-0.05, 0) is 30.9 Å². The lowest BCUT2D eigenvalue weighted by Crippen LogP contribution is -2.15. The van der Waals surface area contributed by atoms with Crippen molar-refractivity contribution in [2.45, 2.75) is 19.3 Å². The van der Waals surface area contributed by atoms with Crippen molar-refractivity contribution >= 4 is 40.5 Å². The summed E-state index contributed by atoms with van der Waals surface area (Å²) in [5, 5.41) is 3.33. The van der Waals surface area contributed by atoms with Crippen LogP contribution in [0.3, 0.4) is 0 Å². The van der Waals surface area contributed by atoms with Gasteiger partial charge in [-0.2, -0.15) is 0 Å². The molecule has 0 radical (unpaired) electrons. The first-order chi connectivity index (χ1) is 9.06. The lowest BCUT2D eigenvalue weighted by atomic mass is 10.2. The van der Waals surface area contributed by atoms with E-state index in [0.29, 0.717) is 33.9 Å². The molecule has 0 saturated heterocycles. The number of nitrogen functional groups attached to an aromatic ring is 1. The summed E-state index contributed by atoms with van der Waals surface area (Å²) in [6.07, 6.45) is 2.76. The van der Waals surface area contributed by atoms with Crippen molar-refractivity contribution in [1.29, 1.82) is 0 Å². The molecule has 1 fully saturated rings. The highest BCUT2D eigenvalue weighted by molar-refractivity contribution is 6.40. The summed E-state index contributed by atoms with van der Waals surface area (Å²) in [7, 11) is 0. The highest BCUT2D eigenvalue weighted by atomic mass is 35.5. The molecule has 3 N–H and O–H groups in total. The molecule has 0 bridgehead atoms. The molecule has 1 amide bonds. The van der Waals surface area contributed by atoms with Crippen LogP contribution in [0.1, 0.15) is 19.3 Å². The van der Waals surface area contributed by atoms with Crippen molar-refractivity contribution in [3.05, 3.63) is 22.2 Å². The molecule has 0 spiro atoms. The van der Waals surface area contributed by atoms with Gasteiger partial charge in [-0.1, -0.05) is 23.2 Å². The first-order valence-corrected chi connectivity index (χ1v) is 6.94. The van der Waals surface area contributed by atoms with Gasteiger partial charge in [0.2, 0.25) is 5.91 Å². The van der Waals surface area contributed by atoms with E-state index >= 15 is 0 Å². The maximum atomic E-state index is 11.7. The Morgan fingerprint density at radius 3 is 2.58 bits per heavy atom. The Bertz CT molecular complexity index is 453. The number of carbonyl (C=O) groups is 1. The van der Waals surface area contributed by atoms with Gasteiger partial charge in [0, 0.05) is 12.3 Å². The third kappa shape index (κ3) is 4.56. The second-order valence-electron chi connectivity index (χ2n) is 4.68. The monoisotopic (exact) mass is 302 g/mol. The number of amides is 1. The van der Waals surface area contributed by atoms with Crippen molar-refractivity contribution in [3.63, 3.8) is 0 Å². The molecule has 1 aliphatic rings. The molecule has 4 nitrogen and oxygen atoms in total. The maximum absolute atomic E-state index is 11.7. The molecule has 0 aromatic heterocycles. The van der Waals surface area contributed by atoms with Crippen molar-refractivity contribution in [1.82, 2.24) is 0 Å². The van der Waals surface area contributed by atoms with E-state index < -0.39 is 0 Å². The second-order valence-corrected chi connectivity index (χ2v) is 5.49. The van der Waals surface area contributed by atoms with E-state index in [9.17, 15) is 4.79 Å². The molecule has 0 heterocycles. The van der Waals surface area contributed by atoms with Crippen LogP contribution in [0, 0.1) is 5.92 Å². The topological polar surface area (TPSA) is 64.3 Å². The first kappa shape index (κ1) is 14.4. The van der Waals surface area contributed by atoms with Gasteiger partial charge < -0.3 is 15.8 Å². The number of benzene rings is 1. The summed E-state index contributed by atoms with van der Waals surface area (Å²) in [6.45, 7) is 1.16. The van der Waals surface area contributed by atoms with E-state index in [1.54, 1.807) is 12.1 Å². The van der Waals surface area contributed by atoms with Gasteiger partial charge in [0.1, 0.15) is 0 Å². The molecule has 0 atom stereocenters. The number of anilines is 2. The minimum atomic E-state index is -0.177. The van der Waals surface area contributed by atoms with Crippen LogP contribution >= 0.6 is 23.2 Å². The fourth-order valence-electron chi connectivity index (χ4n) is 1.61. The van der Waals surface area contributed by atoms with Gasteiger partial charge in [0.05, 0.1) is 28.8 Å². The van der Waals surface area contributed by atoms with Crippen molar-refractivity contribution in [2.24, 2.45) is 5.92 Å². The summed E-state index contributed by atoms with van der Waals surface area (Å²) < 4.78 is 5.40. The molecule has 104 valence electrons. The summed E-state index contributed by atoms with van der Waals surface area (Å²) in [5.74, 6) is 0.522. The largest absolute Gasteiger partial charge is 0.399 e. The number of nitrogens with two attached hydrogens (primary N) is 1. The Morgan fingerprint density at radius 2 is 2.00 bits per heavy atom. The van der Waals surface area contributed by atoms with E-state index in [1.807, 2.05) is 0 Å². The van der Waals surface area contributed by atoms with E-state index in [4.69, 9.17) is 33.7 Å². The number of hydrogen-bond donors (Lipinski definition) is 2. The predicted octanol–water partition coefficient (Wildman–Crippen LogP) is 3.33. The van der Waals surface area contributed by atoms with E-state index in [0.717, 1.165) is 6.61 Å². The standard InChI is InChI=1S/C13H16Cl2N2O2/c14-10-5-9(16)6-11(15)13(10)17-12(18)3-4-19-7-8-1-2-8/h5-6,8H,1-4,7,16H2,(H,17,18). The quantitative estimate of drug-likeness (QED) is 0.626. The number of carbonyl (C=O) groups excluding carboxylic acids is 1. The second kappa shape index (κ2) is 6.46. The number of rotatable bonds is 6. The van der Waals surface area contributed by atoms with Crippen molar-refractivity contribution in [3.8, 4) is 0 Å². The normalized spacial score (nSPS) is 14.4. The lowest BCUT2D eigenvalue weighted by molar-refractivity contribution is -0.117. The molecule has 0 aliphatic heterocycles. The van der Waals surface area contributed by atoms with Crippen LogP contribution in [0.15, 0.2) is 12.1 Å². The minimum Gasteiger partial charge on any atom is -0.399 e. The minimum absolute atomic E-state index is 0.177. The van der Waals surface area contributed by atoms with Crippen LogP contribution in [0.25, 0.3) is 0 Å². The third-order valence-electron chi connectivity index (χ3n) is 2.85. The summed E-state index contributed by atoms with van der Waals surface area (Å²) in [5.41, 5.74) is 6.44. The van der Waals surface area contributed by atoms with E-state index in [2.05, 4.69) is 5.32 Å². The fourth-order valence-corrected chi connectivity index (χ4v) is 2.21. The Balaban J connectivity index is 1.80. The SMILES string of the molecule is Nc1cc(Cl)c(NC(=O)CCOCC2CC2)c(Cl)c1.